The molecule has 2 aromatic carbocycles. The minimum Gasteiger partial charge on any atom is -0.490 e. The molecule has 4 rings (SSSR count). The second-order valence-electron chi connectivity index (χ2n) is 6.73. The maximum atomic E-state index is 14.3. The van der Waals surface area contributed by atoms with Gasteiger partial charge in [0, 0.05) is 19.9 Å². The number of fused-ring (bicyclic) bond motifs is 1. The first-order valence-electron chi connectivity index (χ1n) is 9.01. The predicted octanol–water partition coefficient (Wildman–Crippen LogP) is 3.54. The van der Waals surface area contributed by atoms with Crippen molar-refractivity contribution in [1.29, 1.82) is 0 Å². The molecule has 1 aliphatic rings. The first kappa shape index (κ1) is 18.2. The van der Waals surface area contributed by atoms with Crippen LogP contribution in [0.25, 0.3) is 0 Å². The van der Waals surface area contributed by atoms with Gasteiger partial charge in [-0.05, 0) is 17.7 Å². The van der Waals surface area contributed by atoms with Gasteiger partial charge in [-0.3, -0.25) is 9.48 Å². The van der Waals surface area contributed by atoms with Gasteiger partial charge in [-0.1, -0.05) is 30.3 Å². The summed E-state index contributed by atoms with van der Waals surface area (Å²) in [6.45, 7) is 0.197. The van der Waals surface area contributed by atoms with Crippen LogP contribution in [0, 0.1) is 11.6 Å². The number of rotatable bonds is 4. The van der Waals surface area contributed by atoms with E-state index in [2.05, 4.69) is 10.4 Å². The largest absolute Gasteiger partial charge is 0.490 e. The number of aromatic nitrogens is 2. The van der Waals surface area contributed by atoms with Crippen LogP contribution >= 0.6 is 0 Å². The van der Waals surface area contributed by atoms with Crippen molar-refractivity contribution in [2.75, 3.05) is 6.61 Å². The summed E-state index contributed by atoms with van der Waals surface area (Å²) in [6, 6.07) is 11.1. The molecule has 0 saturated carbocycles. The lowest BCUT2D eigenvalue weighted by Crippen LogP contribution is -2.33. The first-order valence-corrected chi connectivity index (χ1v) is 9.01. The van der Waals surface area contributed by atoms with Crippen molar-refractivity contribution in [1.82, 2.24) is 15.1 Å². The molecule has 0 saturated heterocycles. The van der Waals surface area contributed by atoms with Crippen molar-refractivity contribution in [3.8, 4) is 5.75 Å². The Bertz CT molecular complexity index is 1020. The fourth-order valence-electron chi connectivity index (χ4n) is 3.48. The lowest BCUT2D eigenvalue weighted by atomic mass is 9.98. The molecule has 1 N–H and O–H groups in total. The summed E-state index contributed by atoms with van der Waals surface area (Å²) in [7, 11) is 1.77. The molecule has 2 heterocycles. The Kier molecular flexibility index (Phi) is 4.81. The average Bonchev–Trinajstić information content (AvgIpc) is 3.06. The summed E-state index contributed by atoms with van der Waals surface area (Å²) in [5.41, 5.74) is 2.25. The molecule has 1 aromatic heterocycles. The Hall–Kier alpha value is -3.22. The second kappa shape index (κ2) is 7.42. The molecule has 1 amide bonds. The highest BCUT2D eigenvalue weighted by molar-refractivity contribution is 5.95. The quantitative estimate of drug-likeness (QED) is 0.750. The van der Waals surface area contributed by atoms with Crippen LogP contribution in [-0.2, 0) is 13.5 Å². The molecule has 144 valence electrons. The number of benzene rings is 2. The summed E-state index contributed by atoms with van der Waals surface area (Å²) >= 11 is 0. The minimum atomic E-state index is -0.670. The summed E-state index contributed by atoms with van der Waals surface area (Å²) in [6.07, 6.45) is 2.39. The minimum absolute atomic E-state index is 0.0492. The molecule has 0 aliphatic carbocycles. The summed E-state index contributed by atoms with van der Waals surface area (Å²) < 4.78 is 35.2. The SMILES string of the molecule is Cn1ncc(C(=O)N[C@H]2CCOc3c(F)ccc(F)c32)c1Cc1ccccc1. The van der Waals surface area contributed by atoms with E-state index >= 15 is 0 Å². The molecule has 0 bridgehead atoms. The van der Waals surface area contributed by atoms with E-state index in [0.717, 1.165) is 23.4 Å². The molecule has 1 aliphatic heterocycles. The Balaban J connectivity index is 1.61. The van der Waals surface area contributed by atoms with E-state index in [-0.39, 0.29) is 23.8 Å². The number of ether oxygens (including phenoxy) is 1. The number of hydrogen-bond donors (Lipinski definition) is 1. The van der Waals surface area contributed by atoms with Crippen LogP contribution in [0.3, 0.4) is 0 Å². The fourth-order valence-corrected chi connectivity index (χ4v) is 3.48. The monoisotopic (exact) mass is 383 g/mol. The van der Waals surface area contributed by atoms with Crippen LogP contribution in [0.2, 0.25) is 0 Å². The van der Waals surface area contributed by atoms with E-state index in [0.29, 0.717) is 18.4 Å². The van der Waals surface area contributed by atoms with Gasteiger partial charge in [0.25, 0.3) is 5.91 Å². The van der Waals surface area contributed by atoms with E-state index in [4.69, 9.17) is 4.74 Å². The maximum absolute atomic E-state index is 14.3. The molecule has 1 atom stereocenters. The van der Waals surface area contributed by atoms with Crippen molar-refractivity contribution in [2.45, 2.75) is 18.9 Å². The van der Waals surface area contributed by atoms with Crippen molar-refractivity contribution in [3.63, 3.8) is 0 Å². The highest BCUT2D eigenvalue weighted by Crippen LogP contribution is 2.36. The lowest BCUT2D eigenvalue weighted by Gasteiger charge is -2.27. The van der Waals surface area contributed by atoms with E-state index in [9.17, 15) is 13.6 Å². The Labute approximate surface area is 160 Å². The Morgan fingerprint density at radius 2 is 1.96 bits per heavy atom. The predicted molar refractivity (Wildman–Crippen MR) is 99.1 cm³/mol. The number of amides is 1. The van der Waals surface area contributed by atoms with E-state index in [1.807, 2.05) is 30.3 Å². The van der Waals surface area contributed by atoms with Gasteiger partial charge in [0.15, 0.2) is 11.6 Å². The third kappa shape index (κ3) is 3.35. The number of aryl methyl sites for hydroxylation is 1. The number of hydrogen-bond acceptors (Lipinski definition) is 3. The average molecular weight is 383 g/mol. The first-order chi connectivity index (χ1) is 13.5. The molecule has 0 radical (unpaired) electrons. The molecule has 3 aromatic rings. The highest BCUT2D eigenvalue weighted by atomic mass is 19.1. The Morgan fingerprint density at radius 3 is 2.75 bits per heavy atom. The van der Waals surface area contributed by atoms with Gasteiger partial charge >= 0.3 is 0 Å². The van der Waals surface area contributed by atoms with Crippen LogP contribution in [0.1, 0.15) is 39.6 Å². The number of carbonyl (C=O) groups is 1. The van der Waals surface area contributed by atoms with Crippen molar-refractivity contribution < 1.29 is 18.3 Å². The zero-order valence-corrected chi connectivity index (χ0v) is 15.3. The fraction of sp³-hybridized carbons (Fsp3) is 0.238. The normalized spacial score (nSPS) is 15.6. The van der Waals surface area contributed by atoms with Gasteiger partial charge in [-0.15, -0.1) is 0 Å². The molecule has 0 unspecified atom stereocenters. The van der Waals surface area contributed by atoms with Gasteiger partial charge in [0.05, 0.1) is 35.7 Å². The third-order valence-electron chi connectivity index (χ3n) is 4.92. The Morgan fingerprint density at radius 1 is 1.21 bits per heavy atom. The van der Waals surface area contributed by atoms with Crippen LogP contribution in [0.5, 0.6) is 5.75 Å². The second-order valence-corrected chi connectivity index (χ2v) is 6.73. The maximum Gasteiger partial charge on any atom is 0.255 e. The van der Waals surface area contributed by atoms with Gasteiger partial charge in [0.1, 0.15) is 5.82 Å². The number of nitrogens with zero attached hydrogens (tertiary/aromatic N) is 2. The molecule has 5 nitrogen and oxygen atoms in total. The van der Waals surface area contributed by atoms with Crippen LogP contribution in [0.4, 0.5) is 8.78 Å². The molecule has 0 spiro atoms. The highest BCUT2D eigenvalue weighted by Gasteiger charge is 2.30. The van der Waals surface area contributed by atoms with Crippen molar-refractivity contribution >= 4 is 5.91 Å². The molecular formula is C21H19F2N3O2. The van der Waals surface area contributed by atoms with Gasteiger partial charge in [-0.25, -0.2) is 8.78 Å². The number of halogens is 2. The van der Waals surface area contributed by atoms with E-state index < -0.39 is 17.7 Å². The zero-order chi connectivity index (χ0) is 19.7. The number of nitrogens with one attached hydrogen (secondary N) is 1. The summed E-state index contributed by atoms with van der Waals surface area (Å²) in [5, 5.41) is 7.02. The smallest absolute Gasteiger partial charge is 0.255 e. The van der Waals surface area contributed by atoms with Crippen LogP contribution in [0.15, 0.2) is 48.7 Å². The lowest BCUT2D eigenvalue weighted by molar-refractivity contribution is 0.0921. The summed E-state index contributed by atoms with van der Waals surface area (Å²) in [5.74, 6) is -1.74. The van der Waals surface area contributed by atoms with Crippen molar-refractivity contribution in [3.05, 3.63) is 82.7 Å². The van der Waals surface area contributed by atoms with E-state index in [1.54, 1.807) is 11.7 Å². The van der Waals surface area contributed by atoms with Crippen LogP contribution < -0.4 is 10.1 Å². The summed E-state index contributed by atoms with van der Waals surface area (Å²) in [4.78, 5) is 12.9. The van der Waals surface area contributed by atoms with Crippen LogP contribution in [-0.4, -0.2) is 22.3 Å². The molecular weight excluding hydrogens is 364 g/mol. The zero-order valence-electron chi connectivity index (χ0n) is 15.3. The topological polar surface area (TPSA) is 56.2 Å². The van der Waals surface area contributed by atoms with Gasteiger partial charge < -0.3 is 10.1 Å². The van der Waals surface area contributed by atoms with Gasteiger partial charge in [-0.2, -0.15) is 5.10 Å². The van der Waals surface area contributed by atoms with E-state index in [1.165, 1.54) is 6.20 Å². The van der Waals surface area contributed by atoms with Crippen molar-refractivity contribution in [2.24, 2.45) is 7.05 Å². The van der Waals surface area contributed by atoms with Gasteiger partial charge in [0.2, 0.25) is 0 Å². The molecule has 28 heavy (non-hydrogen) atoms. The molecule has 7 heteroatoms. The standard InChI is InChI=1S/C21H19F2N3O2/c1-26-18(11-13-5-3-2-4-6-13)14(12-24-26)21(27)25-17-9-10-28-20-16(23)8-7-15(22)19(17)20/h2-8,12,17H,9-11H2,1H3,(H,25,27)/t17-/m0/s1. The number of carbonyl (C=O) groups excluding carboxylic acids is 1. The molecule has 0 fully saturated rings. The third-order valence-corrected chi connectivity index (χ3v) is 4.92.